The Morgan fingerprint density at radius 2 is 1.81 bits per heavy atom. The van der Waals surface area contributed by atoms with Gasteiger partial charge in [0, 0.05) is 17.6 Å². The number of anilines is 1. The maximum Gasteiger partial charge on any atom is 0.345 e. The van der Waals surface area contributed by atoms with E-state index in [0.29, 0.717) is 22.3 Å². The normalized spacial score (nSPS) is 10.7. The summed E-state index contributed by atoms with van der Waals surface area (Å²) in [6.45, 7) is 1.94. The first-order valence-corrected chi connectivity index (χ1v) is 8.44. The Morgan fingerprint density at radius 1 is 1.12 bits per heavy atom. The molecule has 1 heterocycles. The van der Waals surface area contributed by atoms with Gasteiger partial charge in [-0.05, 0) is 25.1 Å². The summed E-state index contributed by atoms with van der Waals surface area (Å²) < 4.78 is 6.62. The standard InChI is InChI=1S/C20H20N2O4/c1-2-26-20(25)17-18(21-12-13-23)15-10-6-7-11-16(15)22(19(17)24)14-8-4-3-5-9-14/h3-11,21,23H,2,12-13H2,1H3. The number of esters is 1. The molecule has 0 saturated heterocycles. The second kappa shape index (κ2) is 7.84. The van der Waals surface area contributed by atoms with E-state index in [1.54, 1.807) is 6.92 Å². The number of ether oxygens (including phenoxy) is 1. The Balaban J connectivity index is 2.40. The maximum absolute atomic E-state index is 13.2. The van der Waals surface area contributed by atoms with Gasteiger partial charge in [0.05, 0.1) is 24.4 Å². The zero-order valence-electron chi connectivity index (χ0n) is 14.4. The molecule has 26 heavy (non-hydrogen) atoms. The molecule has 0 radical (unpaired) electrons. The minimum Gasteiger partial charge on any atom is -0.462 e. The molecule has 2 aromatic carbocycles. The van der Waals surface area contributed by atoms with E-state index in [4.69, 9.17) is 4.74 Å². The van der Waals surface area contributed by atoms with E-state index < -0.39 is 11.5 Å². The molecule has 0 fully saturated rings. The van der Waals surface area contributed by atoms with Crippen LogP contribution in [0, 0.1) is 0 Å². The van der Waals surface area contributed by atoms with Crippen molar-refractivity contribution in [3.63, 3.8) is 0 Å². The number of nitrogens with one attached hydrogen (secondary N) is 1. The molecule has 2 N–H and O–H groups in total. The highest BCUT2D eigenvalue weighted by atomic mass is 16.5. The summed E-state index contributed by atoms with van der Waals surface area (Å²) in [5, 5.41) is 12.9. The second-order valence-electron chi connectivity index (χ2n) is 5.61. The number of carbonyl (C=O) groups excluding carboxylic acids is 1. The smallest absolute Gasteiger partial charge is 0.345 e. The summed E-state index contributed by atoms with van der Waals surface area (Å²) in [5.41, 5.74) is 1.17. The number of hydrogen-bond acceptors (Lipinski definition) is 5. The molecule has 0 saturated carbocycles. The van der Waals surface area contributed by atoms with Gasteiger partial charge in [0.25, 0.3) is 5.56 Å². The first-order chi connectivity index (χ1) is 12.7. The molecule has 0 aliphatic heterocycles. The molecule has 0 spiro atoms. The van der Waals surface area contributed by atoms with E-state index in [1.807, 2.05) is 54.6 Å². The summed E-state index contributed by atoms with van der Waals surface area (Å²) in [6.07, 6.45) is 0. The Bertz CT molecular complexity index is 980. The number of nitrogens with zero attached hydrogens (tertiary/aromatic N) is 1. The number of pyridine rings is 1. The average Bonchev–Trinajstić information content (AvgIpc) is 2.66. The van der Waals surface area contributed by atoms with Gasteiger partial charge in [0.2, 0.25) is 0 Å². The quantitative estimate of drug-likeness (QED) is 0.667. The number of benzene rings is 2. The fourth-order valence-electron chi connectivity index (χ4n) is 2.93. The molecule has 0 aliphatic carbocycles. The van der Waals surface area contributed by atoms with E-state index in [1.165, 1.54) is 4.57 Å². The van der Waals surface area contributed by atoms with Crippen LogP contribution in [0.2, 0.25) is 0 Å². The lowest BCUT2D eigenvalue weighted by Gasteiger charge is -2.18. The molecule has 0 bridgehead atoms. The van der Waals surface area contributed by atoms with E-state index in [0.717, 1.165) is 0 Å². The molecule has 3 rings (SSSR count). The summed E-state index contributed by atoms with van der Waals surface area (Å²) in [7, 11) is 0. The Morgan fingerprint density at radius 3 is 2.50 bits per heavy atom. The summed E-state index contributed by atoms with van der Waals surface area (Å²) >= 11 is 0. The number of hydrogen-bond donors (Lipinski definition) is 2. The van der Waals surface area contributed by atoms with Crippen molar-refractivity contribution >= 4 is 22.6 Å². The first kappa shape index (κ1) is 17.7. The van der Waals surface area contributed by atoms with Crippen LogP contribution in [-0.2, 0) is 4.74 Å². The van der Waals surface area contributed by atoms with Crippen LogP contribution in [0.25, 0.3) is 16.6 Å². The topological polar surface area (TPSA) is 80.6 Å². The zero-order valence-corrected chi connectivity index (χ0v) is 14.4. The number of aliphatic hydroxyl groups is 1. The predicted molar refractivity (Wildman–Crippen MR) is 101 cm³/mol. The molecule has 6 heteroatoms. The van der Waals surface area contributed by atoms with Crippen LogP contribution in [0.4, 0.5) is 5.69 Å². The van der Waals surface area contributed by atoms with Crippen molar-refractivity contribution < 1.29 is 14.6 Å². The third-order valence-electron chi connectivity index (χ3n) is 3.99. The highest BCUT2D eigenvalue weighted by molar-refractivity contribution is 6.05. The number of para-hydroxylation sites is 2. The first-order valence-electron chi connectivity index (χ1n) is 8.44. The molecular formula is C20H20N2O4. The summed E-state index contributed by atoms with van der Waals surface area (Å²) in [4.78, 5) is 25.8. The minimum absolute atomic E-state index is 0.0668. The van der Waals surface area contributed by atoms with Crippen molar-refractivity contribution in [2.75, 3.05) is 25.1 Å². The van der Waals surface area contributed by atoms with Gasteiger partial charge < -0.3 is 15.2 Å². The van der Waals surface area contributed by atoms with Gasteiger partial charge in [0.15, 0.2) is 0 Å². The minimum atomic E-state index is -0.687. The van der Waals surface area contributed by atoms with Gasteiger partial charge in [-0.15, -0.1) is 0 Å². The van der Waals surface area contributed by atoms with Gasteiger partial charge in [-0.3, -0.25) is 9.36 Å². The van der Waals surface area contributed by atoms with Gasteiger partial charge in [-0.1, -0.05) is 36.4 Å². The Kier molecular flexibility index (Phi) is 5.34. The fraction of sp³-hybridized carbons (Fsp3) is 0.200. The average molecular weight is 352 g/mol. The number of fused-ring (bicyclic) bond motifs is 1. The van der Waals surface area contributed by atoms with Gasteiger partial charge in [-0.2, -0.15) is 0 Å². The van der Waals surface area contributed by atoms with Gasteiger partial charge in [0.1, 0.15) is 5.56 Å². The van der Waals surface area contributed by atoms with Crippen LogP contribution < -0.4 is 10.9 Å². The molecule has 0 aliphatic rings. The van der Waals surface area contributed by atoms with Crippen LogP contribution >= 0.6 is 0 Å². The third-order valence-corrected chi connectivity index (χ3v) is 3.99. The lowest BCUT2D eigenvalue weighted by Crippen LogP contribution is -2.29. The van der Waals surface area contributed by atoms with Crippen LogP contribution in [0.15, 0.2) is 59.4 Å². The van der Waals surface area contributed by atoms with E-state index in [-0.39, 0.29) is 25.3 Å². The molecule has 1 aromatic heterocycles. The van der Waals surface area contributed by atoms with Gasteiger partial charge >= 0.3 is 5.97 Å². The largest absolute Gasteiger partial charge is 0.462 e. The number of carbonyl (C=O) groups is 1. The molecule has 0 amide bonds. The third kappa shape index (κ3) is 3.19. The fourth-order valence-corrected chi connectivity index (χ4v) is 2.93. The molecule has 0 atom stereocenters. The Labute approximate surface area is 150 Å². The monoisotopic (exact) mass is 352 g/mol. The highest BCUT2D eigenvalue weighted by Crippen LogP contribution is 2.27. The molecule has 134 valence electrons. The van der Waals surface area contributed by atoms with Crippen molar-refractivity contribution in [2.45, 2.75) is 6.92 Å². The summed E-state index contributed by atoms with van der Waals surface area (Å²) in [5.74, 6) is -0.687. The molecule has 0 unspecified atom stereocenters. The van der Waals surface area contributed by atoms with E-state index in [2.05, 4.69) is 5.32 Å². The van der Waals surface area contributed by atoms with Crippen LogP contribution in [0.1, 0.15) is 17.3 Å². The molecular weight excluding hydrogens is 332 g/mol. The predicted octanol–water partition coefficient (Wildman–Crippen LogP) is 2.57. The van der Waals surface area contributed by atoms with Crippen molar-refractivity contribution in [1.82, 2.24) is 4.57 Å². The maximum atomic E-state index is 13.2. The van der Waals surface area contributed by atoms with Crippen molar-refractivity contribution in [2.24, 2.45) is 0 Å². The number of rotatable bonds is 6. The molecule has 6 nitrogen and oxygen atoms in total. The number of aromatic nitrogens is 1. The van der Waals surface area contributed by atoms with Crippen LogP contribution in [0.3, 0.4) is 0 Å². The van der Waals surface area contributed by atoms with Crippen molar-refractivity contribution in [3.8, 4) is 5.69 Å². The Hall–Kier alpha value is -3.12. The molecule has 3 aromatic rings. The van der Waals surface area contributed by atoms with E-state index >= 15 is 0 Å². The van der Waals surface area contributed by atoms with Crippen molar-refractivity contribution in [1.29, 1.82) is 0 Å². The lowest BCUT2D eigenvalue weighted by molar-refractivity contribution is 0.0525. The van der Waals surface area contributed by atoms with Crippen molar-refractivity contribution in [3.05, 3.63) is 70.5 Å². The SMILES string of the molecule is CCOC(=O)c1c(NCCO)c2ccccc2n(-c2ccccc2)c1=O. The highest BCUT2D eigenvalue weighted by Gasteiger charge is 2.23. The number of aliphatic hydroxyl groups excluding tert-OH is 1. The van der Waals surface area contributed by atoms with E-state index in [9.17, 15) is 14.7 Å². The lowest BCUT2D eigenvalue weighted by atomic mass is 10.1. The van der Waals surface area contributed by atoms with Crippen LogP contribution in [-0.4, -0.2) is 35.4 Å². The summed E-state index contributed by atoms with van der Waals surface area (Å²) in [6, 6.07) is 16.5. The zero-order chi connectivity index (χ0) is 18.5. The van der Waals surface area contributed by atoms with Crippen LogP contribution in [0.5, 0.6) is 0 Å². The van der Waals surface area contributed by atoms with Gasteiger partial charge in [-0.25, -0.2) is 4.79 Å². The second-order valence-corrected chi connectivity index (χ2v) is 5.61.